The number of rotatable bonds is 6. The molecule has 1 fully saturated rings. The topological polar surface area (TPSA) is 54.9 Å². The lowest BCUT2D eigenvalue weighted by atomic mass is 10.0. The zero-order chi connectivity index (χ0) is 20.9. The number of nitrogens with one attached hydrogen (secondary N) is 1. The van der Waals surface area contributed by atoms with Crippen LogP contribution in [0.1, 0.15) is 36.9 Å². The fourth-order valence-corrected chi connectivity index (χ4v) is 4.01. The number of hydrogen-bond donors (Lipinski definition) is 1. The summed E-state index contributed by atoms with van der Waals surface area (Å²) in [6.45, 7) is 0. The summed E-state index contributed by atoms with van der Waals surface area (Å²) in [4.78, 5) is 21.9. The monoisotopic (exact) mass is 423 g/mol. The molecule has 1 saturated carbocycles. The zero-order valence-corrected chi connectivity index (χ0v) is 17.3. The predicted molar refractivity (Wildman–Crippen MR) is 117 cm³/mol. The van der Waals surface area contributed by atoms with Crippen molar-refractivity contribution in [1.29, 1.82) is 0 Å². The smallest absolute Gasteiger partial charge is 0.229 e. The van der Waals surface area contributed by atoms with Crippen molar-refractivity contribution in [3.8, 4) is 11.3 Å². The second-order valence-corrected chi connectivity index (χ2v) is 8.20. The van der Waals surface area contributed by atoms with Crippen molar-refractivity contribution in [3.63, 3.8) is 0 Å². The van der Waals surface area contributed by atoms with Crippen LogP contribution in [-0.2, 0) is 17.6 Å². The number of anilines is 1. The van der Waals surface area contributed by atoms with Gasteiger partial charge in [0.05, 0.1) is 24.0 Å². The van der Waals surface area contributed by atoms with Crippen LogP contribution in [0.2, 0.25) is 5.02 Å². The molecule has 4 rings (SSSR count). The van der Waals surface area contributed by atoms with Gasteiger partial charge in [-0.25, -0.2) is 14.4 Å². The number of benzene rings is 2. The van der Waals surface area contributed by atoms with E-state index in [0.717, 1.165) is 23.2 Å². The minimum absolute atomic E-state index is 0.145. The summed E-state index contributed by atoms with van der Waals surface area (Å²) in [5.74, 6) is 0.624. The summed E-state index contributed by atoms with van der Waals surface area (Å²) in [6, 6.07) is 13.4. The third-order valence-electron chi connectivity index (χ3n) is 5.48. The van der Waals surface area contributed by atoms with E-state index >= 15 is 0 Å². The SMILES string of the molecule is O=C(Cc1ccc(Cl)cc1)Nc1ncc(-c2ccc(F)cc2)nc1CC1CCCC1. The number of halogens is 2. The molecule has 1 heterocycles. The molecule has 2 aromatic carbocycles. The molecule has 0 radical (unpaired) electrons. The molecular weight excluding hydrogens is 401 g/mol. The molecule has 0 saturated heterocycles. The van der Waals surface area contributed by atoms with Crippen LogP contribution >= 0.6 is 11.6 Å². The molecular formula is C24H23ClFN3O. The average Bonchev–Trinajstić information content (AvgIpc) is 3.25. The second-order valence-electron chi connectivity index (χ2n) is 7.76. The molecule has 154 valence electrons. The van der Waals surface area contributed by atoms with Crippen LogP contribution in [0, 0.1) is 11.7 Å². The maximum atomic E-state index is 13.3. The molecule has 0 aliphatic heterocycles. The highest BCUT2D eigenvalue weighted by Gasteiger charge is 2.20. The van der Waals surface area contributed by atoms with E-state index in [2.05, 4.69) is 10.3 Å². The van der Waals surface area contributed by atoms with E-state index in [0.29, 0.717) is 22.5 Å². The quantitative estimate of drug-likeness (QED) is 0.541. The van der Waals surface area contributed by atoms with Crippen molar-refractivity contribution in [2.45, 2.75) is 38.5 Å². The van der Waals surface area contributed by atoms with Gasteiger partial charge >= 0.3 is 0 Å². The van der Waals surface area contributed by atoms with Gasteiger partial charge in [-0.3, -0.25) is 4.79 Å². The van der Waals surface area contributed by atoms with E-state index < -0.39 is 0 Å². The highest BCUT2D eigenvalue weighted by atomic mass is 35.5. The summed E-state index contributed by atoms with van der Waals surface area (Å²) in [5.41, 5.74) is 3.15. The van der Waals surface area contributed by atoms with Crippen molar-refractivity contribution in [2.24, 2.45) is 5.92 Å². The fraction of sp³-hybridized carbons (Fsp3) is 0.292. The average molecular weight is 424 g/mol. The van der Waals surface area contributed by atoms with E-state index in [1.54, 1.807) is 30.5 Å². The van der Waals surface area contributed by atoms with Crippen LogP contribution in [0.4, 0.5) is 10.2 Å². The highest BCUT2D eigenvalue weighted by Crippen LogP contribution is 2.30. The lowest BCUT2D eigenvalue weighted by molar-refractivity contribution is -0.115. The Labute approximate surface area is 180 Å². The van der Waals surface area contributed by atoms with Gasteiger partial charge in [-0.15, -0.1) is 0 Å². The van der Waals surface area contributed by atoms with Crippen molar-refractivity contribution >= 4 is 23.3 Å². The summed E-state index contributed by atoms with van der Waals surface area (Å²) < 4.78 is 13.3. The maximum Gasteiger partial charge on any atom is 0.229 e. The van der Waals surface area contributed by atoms with Gasteiger partial charge in [0.15, 0.2) is 5.82 Å². The number of carbonyl (C=O) groups excluding carboxylic acids is 1. The first kappa shape index (κ1) is 20.5. The number of nitrogens with zero attached hydrogens (tertiary/aromatic N) is 2. The van der Waals surface area contributed by atoms with Gasteiger partial charge in [-0.1, -0.05) is 49.4 Å². The summed E-state index contributed by atoms with van der Waals surface area (Å²) in [5, 5.41) is 3.57. The van der Waals surface area contributed by atoms with Crippen LogP contribution in [0.3, 0.4) is 0 Å². The first-order valence-electron chi connectivity index (χ1n) is 10.2. The van der Waals surface area contributed by atoms with Gasteiger partial charge in [0.2, 0.25) is 5.91 Å². The molecule has 1 aliphatic carbocycles. The third-order valence-corrected chi connectivity index (χ3v) is 5.73. The van der Waals surface area contributed by atoms with E-state index in [-0.39, 0.29) is 18.1 Å². The minimum atomic E-state index is -0.288. The van der Waals surface area contributed by atoms with Crippen LogP contribution in [-0.4, -0.2) is 15.9 Å². The summed E-state index contributed by atoms with van der Waals surface area (Å²) in [7, 11) is 0. The van der Waals surface area contributed by atoms with Gasteiger partial charge in [0.25, 0.3) is 0 Å². The lowest BCUT2D eigenvalue weighted by Gasteiger charge is -2.14. The molecule has 1 aliphatic rings. The molecule has 1 N–H and O–H groups in total. The Morgan fingerprint density at radius 1 is 1.07 bits per heavy atom. The minimum Gasteiger partial charge on any atom is -0.309 e. The molecule has 6 heteroatoms. The van der Waals surface area contributed by atoms with Crippen LogP contribution in [0.5, 0.6) is 0 Å². The van der Waals surface area contributed by atoms with E-state index in [1.807, 2.05) is 12.1 Å². The third kappa shape index (κ3) is 5.22. The molecule has 3 aromatic rings. The summed E-state index contributed by atoms with van der Waals surface area (Å²) in [6.07, 6.45) is 7.44. The van der Waals surface area contributed by atoms with Crippen molar-refractivity contribution < 1.29 is 9.18 Å². The highest BCUT2D eigenvalue weighted by molar-refractivity contribution is 6.30. The Bertz CT molecular complexity index is 1020. The van der Waals surface area contributed by atoms with Gasteiger partial charge in [-0.05, 0) is 54.3 Å². The largest absolute Gasteiger partial charge is 0.309 e. The molecule has 0 atom stereocenters. The number of aromatic nitrogens is 2. The van der Waals surface area contributed by atoms with Crippen molar-refractivity contribution in [3.05, 3.63) is 76.8 Å². The first-order chi connectivity index (χ1) is 14.6. The van der Waals surface area contributed by atoms with Crippen molar-refractivity contribution in [1.82, 2.24) is 9.97 Å². The Morgan fingerprint density at radius 2 is 1.77 bits per heavy atom. The van der Waals surface area contributed by atoms with Gasteiger partial charge in [0, 0.05) is 10.6 Å². The standard InChI is InChI=1S/C24H23ClFN3O/c25-19-9-5-17(6-10-19)14-23(30)29-24-21(13-16-3-1-2-4-16)28-22(15-27-24)18-7-11-20(26)12-8-18/h5-12,15-16H,1-4,13-14H2,(H,27,29,30). The molecule has 30 heavy (non-hydrogen) atoms. The number of carbonyl (C=O) groups is 1. The lowest BCUT2D eigenvalue weighted by Crippen LogP contribution is -2.18. The van der Waals surface area contributed by atoms with Crippen LogP contribution in [0.15, 0.2) is 54.7 Å². The van der Waals surface area contributed by atoms with Gasteiger partial charge in [-0.2, -0.15) is 0 Å². The Balaban J connectivity index is 1.56. The zero-order valence-electron chi connectivity index (χ0n) is 16.6. The number of amides is 1. The van der Waals surface area contributed by atoms with Crippen LogP contribution in [0.25, 0.3) is 11.3 Å². The molecule has 1 aromatic heterocycles. The molecule has 4 nitrogen and oxygen atoms in total. The van der Waals surface area contributed by atoms with Crippen LogP contribution < -0.4 is 5.32 Å². The van der Waals surface area contributed by atoms with Gasteiger partial charge in [0.1, 0.15) is 5.82 Å². The normalized spacial score (nSPS) is 14.1. The fourth-order valence-electron chi connectivity index (χ4n) is 3.89. The second kappa shape index (κ2) is 9.35. The Morgan fingerprint density at radius 3 is 2.47 bits per heavy atom. The number of hydrogen-bond acceptors (Lipinski definition) is 3. The Hall–Kier alpha value is -2.79. The Kier molecular flexibility index (Phi) is 6.38. The van der Waals surface area contributed by atoms with E-state index in [4.69, 9.17) is 16.6 Å². The van der Waals surface area contributed by atoms with E-state index in [9.17, 15) is 9.18 Å². The summed E-state index contributed by atoms with van der Waals surface area (Å²) >= 11 is 5.91. The van der Waals surface area contributed by atoms with Crippen molar-refractivity contribution in [2.75, 3.05) is 5.32 Å². The van der Waals surface area contributed by atoms with Gasteiger partial charge < -0.3 is 5.32 Å². The molecule has 0 bridgehead atoms. The molecule has 0 spiro atoms. The maximum absolute atomic E-state index is 13.3. The van der Waals surface area contributed by atoms with E-state index in [1.165, 1.54) is 37.8 Å². The predicted octanol–water partition coefficient (Wildman–Crippen LogP) is 5.85. The first-order valence-corrected chi connectivity index (χ1v) is 10.6. The molecule has 1 amide bonds. The molecule has 0 unspecified atom stereocenters.